The fourth-order valence-corrected chi connectivity index (χ4v) is 7.31. The van der Waals surface area contributed by atoms with Gasteiger partial charge in [-0.3, -0.25) is 0 Å². The van der Waals surface area contributed by atoms with Crippen LogP contribution >= 0.6 is 0 Å². The van der Waals surface area contributed by atoms with Gasteiger partial charge in [-0.05, 0) is 26.2 Å². The molecule has 0 aliphatic carbocycles. The maximum Gasteiger partial charge on any atom is 0.0726 e. The number of hydrogen-bond acceptors (Lipinski definition) is 2. The van der Waals surface area contributed by atoms with Gasteiger partial charge in [-0.15, -0.1) is 0 Å². The molecule has 0 aromatic carbocycles. The Labute approximate surface area is 293 Å². The zero-order valence-corrected chi connectivity index (χ0v) is 32.9. The van der Waals surface area contributed by atoms with Crippen LogP contribution in [-0.4, -0.2) is 18.2 Å². The number of nitrogens with two attached hydrogens (primary N) is 1. The van der Waals surface area contributed by atoms with Gasteiger partial charge in [0.2, 0.25) is 0 Å². The highest BCUT2D eigenvalue weighted by atomic mass is 16.5. The Morgan fingerprint density at radius 1 is 0.348 bits per heavy atom. The fraction of sp³-hybridized carbons (Fsp3) is 1.00. The van der Waals surface area contributed by atoms with Crippen molar-refractivity contribution in [3.8, 4) is 0 Å². The van der Waals surface area contributed by atoms with E-state index < -0.39 is 0 Å². The van der Waals surface area contributed by atoms with Crippen LogP contribution in [0.1, 0.15) is 265 Å². The van der Waals surface area contributed by atoms with Crippen LogP contribution in [-0.2, 0) is 4.74 Å². The van der Waals surface area contributed by atoms with Crippen LogP contribution in [0, 0.1) is 0 Å². The van der Waals surface area contributed by atoms with Gasteiger partial charge in [-0.1, -0.05) is 239 Å². The molecule has 0 aliphatic heterocycles. The predicted octanol–water partition coefficient (Wildman–Crippen LogP) is 15.6. The molecule has 0 saturated carbocycles. The molecule has 0 rings (SSSR count). The lowest BCUT2D eigenvalue weighted by Crippen LogP contribution is -2.50. The summed E-state index contributed by atoms with van der Waals surface area (Å²) in [6, 6.07) is 0. The van der Waals surface area contributed by atoms with Gasteiger partial charge in [0.25, 0.3) is 0 Å². The molecule has 0 heterocycles. The van der Waals surface area contributed by atoms with Gasteiger partial charge >= 0.3 is 0 Å². The molecule has 278 valence electrons. The molecule has 0 aromatic rings. The normalized spacial score (nSPS) is 12.7. The smallest absolute Gasteiger partial charge is 0.0726 e. The van der Waals surface area contributed by atoms with Crippen molar-refractivity contribution in [2.24, 2.45) is 5.73 Å². The van der Waals surface area contributed by atoms with Crippen LogP contribution in [0.25, 0.3) is 0 Å². The van der Waals surface area contributed by atoms with E-state index >= 15 is 0 Å². The molecule has 1 atom stereocenters. The van der Waals surface area contributed by atoms with Gasteiger partial charge in [0.15, 0.2) is 0 Å². The maximum atomic E-state index is 7.15. The lowest BCUT2D eigenvalue weighted by molar-refractivity contribution is 0.000654. The van der Waals surface area contributed by atoms with E-state index in [4.69, 9.17) is 10.5 Å². The number of rotatable bonds is 40. The number of ether oxygens (including phenoxy) is 1. The highest BCUT2D eigenvalue weighted by Gasteiger charge is 2.31. The van der Waals surface area contributed by atoms with Crippen molar-refractivity contribution in [2.75, 3.05) is 6.61 Å². The molecular formula is C44H91NO. The quantitative estimate of drug-likeness (QED) is 0.0670. The van der Waals surface area contributed by atoms with E-state index in [0.29, 0.717) is 0 Å². The lowest BCUT2D eigenvalue weighted by Gasteiger charge is -2.36. The minimum atomic E-state index is -0.141. The second-order valence-corrected chi connectivity index (χ2v) is 15.6. The van der Waals surface area contributed by atoms with Crippen molar-refractivity contribution < 1.29 is 4.74 Å². The fourth-order valence-electron chi connectivity index (χ4n) is 7.31. The van der Waals surface area contributed by atoms with E-state index in [1.54, 1.807) is 0 Å². The van der Waals surface area contributed by atoms with E-state index in [-0.39, 0.29) is 11.6 Å². The van der Waals surface area contributed by atoms with Gasteiger partial charge in [-0.2, -0.15) is 0 Å². The van der Waals surface area contributed by atoms with Crippen molar-refractivity contribution in [2.45, 2.75) is 277 Å². The molecule has 1 unspecified atom stereocenters. The molecule has 0 bridgehead atoms. The summed E-state index contributed by atoms with van der Waals surface area (Å²) in [4.78, 5) is 0. The van der Waals surface area contributed by atoms with Crippen LogP contribution in [0.4, 0.5) is 0 Å². The van der Waals surface area contributed by atoms with Gasteiger partial charge in [0.1, 0.15) is 0 Å². The molecule has 0 fully saturated rings. The minimum absolute atomic E-state index is 0.141. The minimum Gasteiger partial charge on any atom is -0.377 e. The van der Waals surface area contributed by atoms with Crippen molar-refractivity contribution in [3.63, 3.8) is 0 Å². The molecule has 2 nitrogen and oxygen atoms in total. The first-order valence-corrected chi connectivity index (χ1v) is 22.0. The summed E-state index contributed by atoms with van der Waals surface area (Å²) < 4.78 is 6.34. The predicted molar refractivity (Wildman–Crippen MR) is 210 cm³/mol. The van der Waals surface area contributed by atoms with Crippen LogP contribution < -0.4 is 5.73 Å². The average molecular weight is 650 g/mol. The van der Waals surface area contributed by atoms with Gasteiger partial charge in [0.05, 0.1) is 6.10 Å². The van der Waals surface area contributed by atoms with E-state index in [2.05, 4.69) is 27.7 Å². The summed E-state index contributed by atoms with van der Waals surface area (Å²) in [6.07, 6.45) is 51.7. The van der Waals surface area contributed by atoms with E-state index in [1.807, 2.05) is 0 Å². The largest absolute Gasteiger partial charge is 0.377 e. The Morgan fingerprint density at radius 2 is 0.565 bits per heavy atom. The van der Waals surface area contributed by atoms with Gasteiger partial charge < -0.3 is 10.5 Å². The molecule has 0 aromatic heterocycles. The summed E-state index contributed by atoms with van der Waals surface area (Å²) in [5.41, 5.74) is 7.01. The second kappa shape index (κ2) is 37.7. The summed E-state index contributed by atoms with van der Waals surface area (Å²) in [5.74, 6) is 0. The lowest BCUT2D eigenvalue weighted by atomic mass is 9.83. The standard InChI is InChI=1S/C44H91NO/c1-5-8-11-13-15-17-19-21-23-25-27-29-31-33-35-37-40-44(45,43(4)46-42-39-10-7-3)41-38-36-34-32-30-28-26-24-22-20-18-16-14-12-9-6-2/h43H,5-42,45H2,1-4H3. The number of hydrogen-bond donors (Lipinski definition) is 1. The molecule has 0 amide bonds. The Hall–Kier alpha value is -0.0800. The first kappa shape index (κ1) is 45.9. The second-order valence-electron chi connectivity index (χ2n) is 15.6. The Balaban J connectivity index is 3.94. The van der Waals surface area contributed by atoms with Crippen molar-refractivity contribution >= 4 is 0 Å². The monoisotopic (exact) mass is 650 g/mol. The summed E-state index contributed by atoms with van der Waals surface area (Å²) in [5, 5.41) is 0. The summed E-state index contributed by atoms with van der Waals surface area (Å²) in [6.45, 7) is 10.0. The maximum absolute atomic E-state index is 7.15. The molecule has 2 heteroatoms. The number of unbranched alkanes of at least 4 members (excludes halogenated alkanes) is 32. The van der Waals surface area contributed by atoms with Crippen molar-refractivity contribution in [1.82, 2.24) is 0 Å². The Morgan fingerprint density at radius 3 is 0.826 bits per heavy atom. The molecule has 0 aliphatic rings. The first-order valence-electron chi connectivity index (χ1n) is 22.0. The third kappa shape index (κ3) is 32.5. The molecule has 0 radical (unpaired) electrons. The molecule has 0 saturated heterocycles. The van der Waals surface area contributed by atoms with Crippen LogP contribution in [0.15, 0.2) is 0 Å². The van der Waals surface area contributed by atoms with Crippen molar-refractivity contribution in [1.29, 1.82) is 0 Å². The molecule has 46 heavy (non-hydrogen) atoms. The summed E-state index contributed by atoms with van der Waals surface area (Å²) in [7, 11) is 0. The first-order chi connectivity index (χ1) is 22.6. The molecular weight excluding hydrogens is 558 g/mol. The zero-order chi connectivity index (χ0) is 33.7. The summed E-state index contributed by atoms with van der Waals surface area (Å²) >= 11 is 0. The third-order valence-electron chi connectivity index (χ3n) is 10.9. The third-order valence-corrected chi connectivity index (χ3v) is 10.9. The molecule has 2 N–H and O–H groups in total. The Kier molecular flexibility index (Phi) is 37.7. The van der Waals surface area contributed by atoms with Gasteiger partial charge in [0, 0.05) is 12.1 Å². The average Bonchev–Trinajstić information content (AvgIpc) is 3.06. The van der Waals surface area contributed by atoms with E-state index in [9.17, 15) is 0 Å². The van der Waals surface area contributed by atoms with Crippen molar-refractivity contribution in [3.05, 3.63) is 0 Å². The van der Waals surface area contributed by atoms with Gasteiger partial charge in [-0.25, -0.2) is 0 Å². The highest BCUT2D eigenvalue weighted by Crippen LogP contribution is 2.27. The van der Waals surface area contributed by atoms with E-state index in [1.165, 1.54) is 225 Å². The highest BCUT2D eigenvalue weighted by molar-refractivity contribution is 4.90. The zero-order valence-electron chi connectivity index (χ0n) is 32.9. The van der Waals surface area contributed by atoms with Crippen LogP contribution in [0.3, 0.4) is 0 Å². The Bertz CT molecular complexity index is 512. The van der Waals surface area contributed by atoms with Crippen LogP contribution in [0.2, 0.25) is 0 Å². The molecule has 0 spiro atoms. The SMILES string of the molecule is CCCCCCCCCCCCCCCCCCC(N)(CCCCCCCCCCCCCCCCCC)C(C)OCCCCC. The van der Waals surface area contributed by atoms with Crippen LogP contribution in [0.5, 0.6) is 0 Å². The van der Waals surface area contributed by atoms with E-state index in [0.717, 1.165) is 19.4 Å². The topological polar surface area (TPSA) is 35.2 Å².